The van der Waals surface area contributed by atoms with E-state index >= 15 is 0 Å². The zero-order valence-electron chi connectivity index (χ0n) is 8.91. The summed E-state index contributed by atoms with van der Waals surface area (Å²) in [7, 11) is 1.29. The van der Waals surface area contributed by atoms with Crippen LogP contribution in [0.4, 0.5) is 4.39 Å². The summed E-state index contributed by atoms with van der Waals surface area (Å²) in [6.07, 6.45) is -0.0214. The van der Waals surface area contributed by atoms with E-state index < -0.39 is 5.97 Å². The minimum absolute atomic E-state index is 0.0214. The molecule has 16 heavy (non-hydrogen) atoms. The molecule has 0 aliphatic heterocycles. The van der Waals surface area contributed by atoms with Gasteiger partial charge in [0.1, 0.15) is 11.5 Å². The summed E-state index contributed by atoms with van der Waals surface area (Å²) in [6.45, 7) is 1.72. The van der Waals surface area contributed by atoms with Crippen molar-refractivity contribution in [2.75, 3.05) is 7.11 Å². The Morgan fingerprint density at radius 2 is 2.31 bits per heavy atom. The van der Waals surface area contributed by atoms with Crippen molar-refractivity contribution < 1.29 is 18.4 Å². The SMILES string of the molecule is COC(=O)Cc1noc2c(C)cc(F)cc12. The van der Waals surface area contributed by atoms with Crippen LogP contribution < -0.4 is 0 Å². The molecule has 0 saturated carbocycles. The van der Waals surface area contributed by atoms with Crippen molar-refractivity contribution in [1.82, 2.24) is 5.16 Å². The Morgan fingerprint density at radius 1 is 1.56 bits per heavy atom. The number of aromatic nitrogens is 1. The van der Waals surface area contributed by atoms with Crippen LogP contribution in [0.5, 0.6) is 0 Å². The molecule has 0 atom stereocenters. The van der Waals surface area contributed by atoms with Crippen LogP contribution in [0.25, 0.3) is 11.0 Å². The zero-order chi connectivity index (χ0) is 11.7. The lowest BCUT2D eigenvalue weighted by Crippen LogP contribution is -2.04. The molecule has 1 aromatic carbocycles. The number of ether oxygens (including phenoxy) is 1. The summed E-state index contributed by atoms with van der Waals surface area (Å²) >= 11 is 0. The lowest BCUT2D eigenvalue weighted by molar-refractivity contribution is -0.139. The quantitative estimate of drug-likeness (QED) is 0.730. The van der Waals surface area contributed by atoms with Crippen molar-refractivity contribution in [3.8, 4) is 0 Å². The number of rotatable bonds is 2. The topological polar surface area (TPSA) is 52.3 Å². The van der Waals surface area contributed by atoms with Crippen molar-refractivity contribution in [2.45, 2.75) is 13.3 Å². The largest absolute Gasteiger partial charge is 0.469 e. The molecule has 5 heteroatoms. The van der Waals surface area contributed by atoms with Gasteiger partial charge < -0.3 is 9.26 Å². The molecule has 2 rings (SSSR count). The monoisotopic (exact) mass is 223 g/mol. The first-order chi connectivity index (χ1) is 7.61. The Hall–Kier alpha value is -1.91. The van der Waals surface area contributed by atoms with E-state index in [0.717, 1.165) is 0 Å². The molecule has 1 heterocycles. The van der Waals surface area contributed by atoms with Crippen molar-refractivity contribution in [2.24, 2.45) is 0 Å². The number of carbonyl (C=O) groups is 1. The number of benzene rings is 1. The van der Waals surface area contributed by atoms with Gasteiger partial charge in [-0.25, -0.2) is 4.39 Å². The average molecular weight is 223 g/mol. The molecule has 0 saturated heterocycles. The molecule has 2 aromatic rings. The van der Waals surface area contributed by atoms with Gasteiger partial charge in [-0.05, 0) is 24.6 Å². The molecule has 84 valence electrons. The highest BCUT2D eigenvalue weighted by Gasteiger charge is 2.15. The van der Waals surface area contributed by atoms with E-state index in [1.54, 1.807) is 6.92 Å². The highest BCUT2D eigenvalue weighted by Crippen LogP contribution is 2.23. The number of carbonyl (C=O) groups excluding carboxylic acids is 1. The van der Waals surface area contributed by atoms with E-state index in [4.69, 9.17) is 4.52 Å². The molecule has 0 spiro atoms. The third-order valence-corrected chi connectivity index (χ3v) is 2.34. The van der Waals surface area contributed by atoms with Gasteiger partial charge in [0, 0.05) is 5.39 Å². The first-order valence-corrected chi connectivity index (χ1v) is 4.73. The van der Waals surface area contributed by atoms with Gasteiger partial charge in [-0.2, -0.15) is 0 Å². The van der Waals surface area contributed by atoms with Crippen molar-refractivity contribution >= 4 is 16.9 Å². The second-order valence-corrected chi connectivity index (χ2v) is 3.48. The van der Waals surface area contributed by atoms with Crippen LogP contribution in [-0.2, 0) is 16.0 Å². The standard InChI is InChI=1S/C11H10FNO3/c1-6-3-7(12)4-8-9(5-10(14)15-2)13-16-11(6)8/h3-4H,5H2,1-2H3. The number of nitrogens with zero attached hydrogens (tertiary/aromatic N) is 1. The number of esters is 1. The van der Waals surface area contributed by atoms with Gasteiger partial charge in [0.2, 0.25) is 0 Å². The number of fused-ring (bicyclic) bond motifs is 1. The van der Waals surface area contributed by atoms with Crippen LogP contribution in [0.1, 0.15) is 11.3 Å². The zero-order valence-corrected chi connectivity index (χ0v) is 8.91. The number of aryl methyl sites for hydroxylation is 1. The lowest BCUT2D eigenvalue weighted by Gasteiger charge is -1.96. The Bertz CT molecular complexity index is 547. The molecule has 1 aromatic heterocycles. The summed E-state index contributed by atoms with van der Waals surface area (Å²) in [5, 5.41) is 4.26. The van der Waals surface area contributed by atoms with E-state index in [2.05, 4.69) is 9.89 Å². The number of methoxy groups -OCH3 is 1. The molecule has 0 fully saturated rings. The highest BCUT2D eigenvalue weighted by molar-refractivity contribution is 5.86. The minimum Gasteiger partial charge on any atom is -0.469 e. The molecule has 0 amide bonds. The van der Waals surface area contributed by atoms with Crippen LogP contribution in [0.2, 0.25) is 0 Å². The summed E-state index contributed by atoms with van der Waals surface area (Å²) in [6, 6.07) is 2.66. The van der Waals surface area contributed by atoms with E-state index in [1.165, 1.54) is 19.2 Å². The molecule has 0 N–H and O–H groups in total. The first kappa shape index (κ1) is 10.6. The molecular weight excluding hydrogens is 213 g/mol. The summed E-state index contributed by atoms with van der Waals surface area (Å²) in [4.78, 5) is 11.1. The molecular formula is C11H10FNO3. The Labute approximate surface area is 91.0 Å². The Morgan fingerprint density at radius 3 is 3.00 bits per heavy atom. The lowest BCUT2D eigenvalue weighted by atomic mass is 10.1. The van der Waals surface area contributed by atoms with Gasteiger partial charge in [0.25, 0.3) is 0 Å². The van der Waals surface area contributed by atoms with E-state index in [1.807, 2.05) is 0 Å². The summed E-state index contributed by atoms with van der Waals surface area (Å²) in [5.41, 5.74) is 1.54. The first-order valence-electron chi connectivity index (χ1n) is 4.73. The smallest absolute Gasteiger partial charge is 0.311 e. The fourth-order valence-electron chi connectivity index (χ4n) is 1.55. The molecule has 0 aliphatic rings. The second-order valence-electron chi connectivity index (χ2n) is 3.48. The van der Waals surface area contributed by atoms with E-state index in [9.17, 15) is 9.18 Å². The second kappa shape index (κ2) is 3.92. The Kier molecular flexibility index (Phi) is 2.60. The maximum atomic E-state index is 13.2. The summed E-state index contributed by atoms with van der Waals surface area (Å²) < 4.78 is 22.8. The maximum absolute atomic E-state index is 13.2. The molecule has 0 unspecified atom stereocenters. The Balaban J connectivity index is 2.51. The maximum Gasteiger partial charge on any atom is 0.311 e. The van der Waals surface area contributed by atoms with Gasteiger partial charge in [0.15, 0.2) is 5.58 Å². The average Bonchev–Trinajstić information content (AvgIpc) is 2.61. The third kappa shape index (κ3) is 1.76. The number of hydrogen-bond donors (Lipinski definition) is 0. The predicted octanol–water partition coefficient (Wildman–Crippen LogP) is 1.99. The van der Waals surface area contributed by atoms with Crippen LogP contribution in [0.15, 0.2) is 16.7 Å². The van der Waals surface area contributed by atoms with Gasteiger partial charge in [-0.15, -0.1) is 0 Å². The minimum atomic E-state index is -0.433. The fourth-order valence-corrected chi connectivity index (χ4v) is 1.55. The van der Waals surface area contributed by atoms with Gasteiger partial charge in [-0.3, -0.25) is 4.79 Å². The van der Waals surface area contributed by atoms with Crippen LogP contribution in [0, 0.1) is 12.7 Å². The van der Waals surface area contributed by atoms with Crippen LogP contribution in [-0.4, -0.2) is 18.2 Å². The predicted molar refractivity (Wildman–Crippen MR) is 54.4 cm³/mol. The van der Waals surface area contributed by atoms with Crippen LogP contribution in [0.3, 0.4) is 0 Å². The van der Waals surface area contributed by atoms with Gasteiger partial charge >= 0.3 is 5.97 Å². The van der Waals surface area contributed by atoms with Crippen LogP contribution >= 0.6 is 0 Å². The molecule has 0 radical (unpaired) electrons. The highest BCUT2D eigenvalue weighted by atomic mass is 19.1. The van der Waals surface area contributed by atoms with Crippen molar-refractivity contribution in [1.29, 1.82) is 0 Å². The number of halogens is 1. The summed E-state index contributed by atoms with van der Waals surface area (Å²) in [5.74, 6) is -0.809. The van der Waals surface area contributed by atoms with Gasteiger partial charge in [0.05, 0.1) is 13.5 Å². The normalized spacial score (nSPS) is 10.7. The van der Waals surface area contributed by atoms with Crippen molar-refractivity contribution in [3.05, 3.63) is 29.2 Å². The fraction of sp³-hybridized carbons (Fsp3) is 0.273. The molecule has 0 bridgehead atoms. The van der Waals surface area contributed by atoms with Gasteiger partial charge in [-0.1, -0.05) is 5.16 Å². The third-order valence-electron chi connectivity index (χ3n) is 2.34. The molecule has 0 aliphatic carbocycles. The van der Waals surface area contributed by atoms with Crippen molar-refractivity contribution in [3.63, 3.8) is 0 Å². The van der Waals surface area contributed by atoms with E-state index in [-0.39, 0.29) is 12.2 Å². The number of hydrogen-bond acceptors (Lipinski definition) is 4. The molecule has 4 nitrogen and oxygen atoms in total. The van der Waals surface area contributed by atoms with E-state index in [0.29, 0.717) is 22.2 Å².